The van der Waals surface area contributed by atoms with Crippen LogP contribution in [0.4, 0.5) is 13.2 Å². The van der Waals surface area contributed by atoms with Crippen molar-refractivity contribution in [2.75, 3.05) is 0 Å². The predicted octanol–water partition coefficient (Wildman–Crippen LogP) is 3.14. The zero-order chi connectivity index (χ0) is 12.2. The van der Waals surface area contributed by atoms with Crippen LogP contribution in [0.2, 0.25) is 0 Å². The van der Waals surface area contributed by atoms with E-state index in [1.807, 2.05) is 0 Å². The van der Waals surface area contributed by atoms with Gasteiger partial charge >= 0.3 is 6.18 Å². The molecule has 0 heterocycles. The number of halogens is 3. The van der Waals surface area contributed by atoms with E-state index in [4.69, 9.17) is 10.5 Å². The molecule has 0 bridgehead atoms. The van der Waals surface area contributed by atoms with Crippen molar-refractivity contribution >= 4 is 5.57 Å². The van der Waals surface area contributed by atoms with E-state index in [1.165, 1.54) is 0 Å². The Morgan fingerprint density at radius 1 is 1.12 bits per heavy atom. The molecule has 1 aromatic rings. The smallest absolute Gasteiger partial charge is 0.193 e. The van der Waals surface area contributed by atoms with Crippen molar-refractivity contribution in [1.29, 1.82) is 10.5 Å². The summed E-state index contributed by atoms with van der Waals surface area (Å²) in [6.45, 7) is 0. The number of hydrogen-bond acceptors (Lipinski definition) is 2. The second-order valence-electron chi connectivity index (χ2n) is 2.87. The fourth-order valence-electron chi connectivity index (χ4n) is 1.08. The first-order valence-corrected chi connectivity index (χ1v) is 4.16. The summed E-state index contributed by atoms with van der Waals surface area (Å²) in [6.07, 6.45) is -3.41. The van der Waals surface area contributed by atoms with Gasteiger partial charge in [0, 0.05) is 6.08 Å². The summed E-state index contributed by atoms with van der Waals surface area (Å²) in [6, 6.07) is 7.46. The van der Waals surface area contributed by atoms with Crippen LogP contribution in [0.5, 0.6) is 0 Å². The molecule has 0 aliphatic heterocycles. The first kappa shape index (κ1) is 11.8. The third-order valence-corrected chi connectivity index (χ3v) is 1.85. The molecule has 0 N–H and O–H groups in total. The van der Waals surface area contributed by atoms with Crippen molar-refractivity contribution in [2.24, 2.45) is 0 Å². The summed E-state index contributed by atoms with van der Waals surface area (Å²) in [5.41, 5.74) is -0.459. The number of rotatable bonds is 1. The fraction of sp³-hybridized carbons (Fsp3) is 0.0909. The van der Waals surface area contributed by atoms with Crippen LogP contribution >= 0.6 is 0 Å². The molecule has 16 heavy (non-hydrogen) atoms. The molecule has 5 heteroatoms. The number of benzene rings is 1. The average Bonchev–Trinajstić information content (AvgIpc) is 2.25. The largest absolute Gasteiger partial charge is 0.416 e. The van der Waals surface area contributed by atoms with Gasteiger partial charge in [0.15, 0.2) is 0 Å². The number of hydrogen-bond donors (Lipinski definition) is 0. The summed E-state index contributed by atoms with van der Waals surface area (Å²) in [4.78, 5) is 0. The zero-order valence-electron chi connectivity index (χ0n) is 7.92. The molecule has 0 saturated carbocycles. The molecule has 2 nitrogen and oxygen atoms in total. The van der Waals surface area contributed by atoms with Crippen molar-refractivity contribution in [3.05, 3.63) is 41.5 Å². The zero-order valence-corrected chi connectivity index (χ0v) is 7.92. The van der Waals surface area contributed by atoms with E-state index in [1.54, 1.807) is 12.1 Å². The van der Waals surface area contributed by atoms with Crippen LogP contribution < -0.4 is 0 Å². The minimum atomic E-state index is -4.40. The number of allylic oxidation sites excluding steroid dienone is 2. The lowest BCUT2D eigenvalue weighted by Crippen LogP contribution is -2.04. The topological polar surface area (TPSA) is 47.6 Å². The van der Waals surface area contributed by atoms with Crippen LogP contribution in [0.3, 0.4) is 0 Å². The van der Waals surface area contributed by atoms with Crippen LogP contribution in [0.25, 0.3) is 5.57 Å². The van der Waals surface area contributed by atoms with E-state index >= 15 is 0 Å². The molecule has 0 amide bonds. The van der Waals surface area contributed by atoms with Crippen molar-refractivity contribution in [1.82, 2.24) is 0 Å². The third kappa shape index (κ3) is 2.61. The molecule has 0 atom stereocenters. The Labute approximate surface area is 89.8 Å². The van der Waals surface area contributed by atoms with E-state index < -0.39 is 11.7 Å². The lowest BCUT2D eigenvalue weighted by atomic mass is 10.0. The quantitative estimate of drug-likeness (QED) is 0.685. The molecule has 0 saturated heterocycles. The Bertz CT molecular complexity index is 484. The van der Waals surface area contributed by atoms with Crippen molar-refractivity contribution in [3.8, 4) is 12.1 Å². The number of alkyl halides is 3. The van der Waals surface area contributed by atoms with E-state index in [0.29, 0.717) is 0 Å². The van der Waals surface area contributed by atoms with Gasteiger partial charge < -0.3 is 0 Å². The van der Waals surface area contributed by atoms with Crippen molar-refractivity contribution in [3.63, 3.8) is 0 Å². The molecule has 1 rings (SSSR count). The first-order valence-electron chi connectivity index (χ1n) is 4.16. The van der Waals surface area contributed by atoms with E-state index in [0.717, 1.165) is 30.3 Å². The third-order valence-electron chi connectivity index (χ3n) is 1.85. The summed E-state index contributed by atoms with van der Waals surface area (Å²) < 4.78 is 36.7. The molecule has 0 spiro atoms. The predicted molar refractivity (Wildman–Crippen MR) is 50.6 cm³/mol. The maximum atomic E-state index is 12.2. The minimum absolute atomic E-state index is 0.0382. The Kier molecular flexibility index (Phi) is 3.32. The lowest BCUT2D eigenvalue weighted by Gasteiger charge is -2.06. The highest BCUT2D eigenvalue weighted by molar-refractivity contribution is 5.78. The Hall–Kier alpha value is -2.27. The van der Waals surface area contributed by atoms with Gasteiger partial charge in [-0.3, -0.25) is 0 Å². The van der Waals surface area contributed by atoms with Crippen LogP contribution in [0.1, 0.15) is 11.1 Å². The first-order chi connectivity index (χ1) is 7.49. The van der Waals surface area contributed by atoms with Gasteiger partial charge in [0.05, 0.1) is 17.2 Å². The Balaban J connectivity index is 3.11. The standard InChI is InChI=1S/C11H5F3N2/c12-11(13,14)10-3-1-8(2-4-10)9(7-16)5-6-15/h1-5H/b9-5+. The maximum absolute atomic E-state index is 12.2. The molecular formula is C11H5F3N2. The van der Waals surface area contributed by atoms with Gasteiger partial charge in [-0.05, 0) is 17.7 Å². The molecule has 0 fully saturated rings. The monoisotopic (exact) mass is 222 g/mol. The van der Waals surface area contributed by atoms with Gasteiger partial charge in [-0.1, -0.05) is 12.1 Å². The molecule has 1 aromatic carbocycles. The molecule has 0 unspecified atom stereocenters. The minimum Gasteiger partial charge on any atom is -0.193 e. The van der Waals surface area contributed by atoms with Gasteiger partial charge in [0.2, 0.25) is 0 Å². The maximum Gasteiger partial charge on any atom is 0.416 e. The van der Waals surface area contributed by atoms with Gasteiger partial charge in [0.25, 0.3) is 0 Å². The molecule has 0 aromatic heterocycles. The van der Waals surface area contributed by atoms with E-state index in [9.17, 15) is 13.2 Å². The van der Waals surface area contributed by atoms with E-state index in [2.05, 4.69) is 0 Å². The highest BCUT2D eigenvalue weighted by Crippen LogP contribution is 2.29. The summed E-state index contributed by atoms with van der Waals surface area (Å²) >= 11 is 0. The second kappa shape index (κ2) is 4.50. The summed E-state index contributed by atoms with van der Waals surface area (Å²) in [7, 11) is 0. The van der Waals surface area contributed by atoms with Crippen LogP contribution in [0, 0.1) is 22.7 Å². The molecule has 0 aliphatic carbocycles. The van der Waals surface area contributed by atoms with Gasteiger partial charge in [-0.25, -0.2) is 0 Å². The molecule has 80 valence electrons. The number of nitriles is 2. The van der Waals surface area contributed by atoms with E-state index in [-0.39, 0.29) is 11.1 Å². The fourth-order valence-corrected chi connectivity index (χ4v) is 1.08. The average molecular weight is 222 g/mol. The van der Waals surface area contributed by atoms with Crippen LogP contribution in [-0.4, -0.2) is 0 Å². The van der Waals surface area contributed by atoms with Gasteiger partial charge in [-0.2, -0.15) is 23.7 Å². The normalized spacial score (nSPS) is 11.7. The van der Waals surface area contributed by atoms with Crippen molar-refractivity contribution < 1.29 is 13.2 Å². The van der Waals surface area contributed by atoms with Crippen molar-refractivity contribution in [2.45, 2.75) is 6.18 Å². The van der Waals surface area contributed by atoms with Crippen LogP contribution in [0.15, 0.2) is 30.3 Å². The number of nitrogens with zero attached hydrogens (tertiary/aromatic N) is 2. The molecular weight excluding hydrogens is 217 g/mol. The SMILES string of the molecule is N#C/C=C(\C#N)c1ccc(C(F)(F)F)cc1. The van der Waals surface area contributed by atoms with Gasteiger partial charge in [-0.15, -0.1) is 0 Å². The second-order valence-corrected chi connectivity index (χ2v) is 2.87. The summed E-state index contributed by atoms with van der Waals surface area (Å²) in [5, 5.41) is 17.0. The molecule has 0 radical (unpaired) electrons. The lowest BCUT2D eigenvalue weighted by molar-refractivity contribution is -0.137. The van der Waals surface area contributed by atoms with Gasteiger partial charge in [0.1, 0.15) is 6.07 Å². The van der Waals surface area contributed by atoms with Crippen LogP contribution in [-0.2, 0) is 6.18 Å². The highest BCUT2D eigenvalue weighted by Gasteiger charge is 2.29. The summed E-state index contributed by atoms with van der Waals surface area (Å²) in [5.74, 6) is 0. The highest BCUT2D eigenvalue weighted by atomic mass is 19.4. The Morgan fingerprint density at radius 3 is 2.06 bits per heavy atom. The molecule has 0 aliphatic rings. The Morgan fingerprint density at radius 2 is 1.69 bits per heavy atom.